The van der Waals surface area contributed by atoms with Crippen LogP contribution in [0, 0.1) is 11.3 Å². The Kier molecular flexibility index (Phi) is 5.77. The molecule has 1 aromatic heterocycles. The lowest BCUT2D eigenvalue weighted by atomic mass is 10.2. The smallest absolute Gasteiger partial charge is 0.306 e. The molecule has 0 bridgehead atoms. The number of hydrogen-bond acceptors (Lipinski definition) is 6. The summed E-state index contributed by atoms with van der Waals surface area (Å²) in [6, 6.07) is 15.4. The van der Waals surface area contributed by atoms with Gasteiger partial charge in [-0.3, -0.25) is 14.4 Å². The molecule has 0 fully saturated rings. The molecule has 3 aromatic rings. The first-order valence-electron chi connectivity index (χ1n) is 8.49. The highest BCUT2D eigenvalue weighted by Gasteiger charge is 2.11. The van der Waals surface area contributed by atoms with Gasteiger partial charge in [0.1, 0.15) is 11.9 Å². The second-order valence-electron chi connectivity index (χ2n) is 5.90. The summed E-state index contributed by atoms with van der Waals surface area (Å²) in [6.07, 6.45) is 0.140. The molecule has 8 nitrogen and oxygen atoms in total. The summed E-state index contributed by atoms with van der Waals surface area (Å²) < 4.78 is 4.94. The predicted octanol–water partition coefficient (Wildman–Crippen LogP) is 1.91. The molecule has 1 heterocycles. The zero-order valence-electron chi connectivity index (χ0n) is 14.8. The van der Waals surface area contributed by atoms with Gasteiger partial charge in [-0.15, -0.1) is 0 Å². The predicted molar refractivity (Wildman–Crippen MR) is 101 cm³/mol. The van der Waals surface area contributed by atoms with Crippen LogP contribution in [0.5, 0.6) is 0 Å². The third-order valence-electron chi connectivity index (χ3n) is 3.91. The SMILES string of the molecule is N#Cc1ccccc1NC(=O)COC(=O)CCc1nc2ccccc2c(=O)[nH]1. The summed E-state index contributed by atoms with van der Waals surface area (Å²) in [7, 11) is 0. The molecule has 2 N–H and O–H groups in total. The van der Waals surface area contributed by atoms with E-state index in [4.69, 9.17) is 10.00 Å². The molecule has 28 heavy (non-hydrogen) atoms. The van der Waals surface area contributed by atoms with E-state index in [0.717, 1.165) is 0 Å². The quantitative estimate of drug-likeness (QED) is 0.633. The van der Waals surface area contributed by atoms with Gasteiger partial charge < -0.3 is 15.0 Å². The Bertz CT molecular complexity index is 1130. The molecule has 0 spiro atoms. The zero-order valence-corrected chi connectivity index (χ0v) is 14.8. The van der Waals surface area contributed by atoms with Gasteiger partial charge in [0.05, 0.1) is 28.6 Å². The van der Waals surface area contributed by atoms with Crippen molar-refractivity contribution in [1.29, 1.82) is 5.26 Å². The normalized spacial score (nSPS) is 10.2. The van der Waals surface area contributed by atoms with Gasteiger partial charge in [-0.25, -0.2) is 4.98 Å². The highest BCUT2D eigenvalue weighted by atomic mass is 16.5. The lowest BCUT2D eigenvalue weighted by molar-refractivity contribution is -0.147. The molecule has 0 radical (unpaired) electrons. The van der Waals surface area contributed by atoms with Gasteiger partial charge in [-0.1, -0.05) is 24.3 Å². The Morgan fingerprint density at radius 3 is 2.71 bits per heavy atom. The molecular weight excluding hydrogens is 360 g/mol. The van der Waals surface area contributed by atoms with Crippen molar-refractivity contribution in [3.05, 3.63) is 70.3 Å². The molecule has 1 amide bonds. The van der Waals surface area contributed by atoms with Crippen LogP contribution in [-0.4, -0.2) is 28.5 Å². The third kappa shape index (κ3) is 4.59. The van der Waals surface area contributed by atoms with Crippen LogP contribution in [0.15, 0.2) is 53.3 Å². The number of nitriles is 1. The average Bonchev–Trinajstić information content (AvgIpc) is 2.71. The van der Waals surface area contributed by atoms with E-state index in [0.29, 0.717) is 28.0 Å². The monoisotopic (exact) mass is 376 g/mol. The molecule has 0 aliphatic carbocycles. The lowest BCUT2D eigenvalue weighted by Crippen LogP contribution is -2.21. The minimum Gasteiger partial charge on any atom is -0.456 e. The lowest BCUT2D eigenvalue weighted by Gasteiger charge is -2.08. The van der Waals surface area contributed by atoms with Gasteiger partial charge in [0, 0.05) is 6.42 Å². The van der Waals surface area contributed by atoms with Crippen molar-refractivity contribution in [3.63, 3.8) is 0 Å². The number of carbonyl (C=O) groups is 2. The van der Waals surface area contributed by atoms with E-state index in [-0.39, 0.29) is 18.4 Å². The van der Waals surface area contributed by atoms with Crippen LogP contribution in [0.1, 0.15) is 17.8 Å². The topological polar surface area (TPSA) is 125 Å². The molecule has 0 aliphatic rings. The summed E-state index contributed by atoms with van der Waals surface area (Å²) in [4.78, 5) is 42.7. The minimum atomic E-state index is -0.598. The Morgan fingerprint density at radius 2 is 1.89 bits per heavy atom. The first-order valence-corrected chi connectivity index (χ1v) is 8.49. The van der Waals surface area contributed by atoms with Crippen LogP contribution in [0.3, 0.4) is 0 Å². The van der Waals surface area contributed by atoms with Crippen LogP contribution in [-0.2, 0) is 20.7 Å². The van der Waals surface area contributed by atoms with Crippen LogP contribution in [0.2, 0.25) is 0 Å². The molecule has 0 unspecified atom stereocenters. The van der Waals surface area contributed by atoms with Gasteiger partial charge >= 0.3 is 5.97 Å². The molecule has 0 saturated carbocycles. The van der Waals surface area contributed by atoms with Crippen molar-refractivity contribution in [2.75, 3.05) is 11.9 Å². The number of esters is 1. The number of nitrogens with zero attached hydrogens (tertiary/aromatic N) is 2. The third-order valence-corrected chi connectivity index (χ3v) is 3.91. The zero-order chi connectivity index (χ0) is 19.9. The standard InChI is InChI=1S/C20H16N4O4/c21-11-13-5-1-3-7-15(13)23-18(25)12-28-19(26)10-9-17-22-16-8-4-2-6-14(16)20(27)24-17/h1-8H,9-10,12H2,(H,23,25)(H,22,24,27). The number of anilines is 1. The molecule has 2 aromatic carbocycles. The number of nitrogens with one attached hydrogen (secondary N) is 2. The largest absolute Gasteiger partial charge is 0.456 e. The fraction of sp³-hybridized carbons (Fsp3) is 0.150. The molecule has 3 rings (SSSR count). The molecule has 0 aliphatic heterocycles. The summed E-state index contributed by atoms with van der Waals surface area (Å²) >= 11 is 0. The van der Waals surface area contributed by atoms with Gasteiger partial charge in [0.2, 0.25) is 0 Å². The maximum atomic E-state index is 12.0. The van der Waals surface area contributed by atoms with E-state index in [1.54, 1.807) is 48.5 Å². The fourth-order valence-electron chi connectivity index (χ4n) is 2.57. The number of rotatable bonds is 6. The van der Waals surface area contributed by atoms with Crippen LogP contribution < -0.4 is 10.9 Å². The van der Waals surface area contributed by atoms with Crippen LogP contribution in [0.25, 0.3) is 10.9 Å². The Labute approximate surface area is 159 Å². The van der Waals surface area contributed by atoms with Crippen LogP contribution in [0.4, 0.5) is 5.69 Å². The number of fused-ring (bicyclic) bond motifs is 1. The highest BCUT2D eigenvalue weighted by molar-refractivity contribution is 5.94. The summed E-state index contributed by atoms with van der Waals surface area (Å²) in [5.41, 5.74) is 0.937. The maximum absolute atomic E-state index is 12.0. The number of hydrogen-bond donors (Lipinski definition) is 2. The van der Waals surface area contributed by atoms with E-state index in [1.807, 2.05) is 6.07 Å². The Hall–Kier alpha value is -3.99. The number of aryl methyl sites for hydroxylation is 1. The number of aromatic nitrogens is 2. The van der Waals surface area contributed by atoms with Gasteiger partial charge in [-0.2, -0.15) is 5.26 Å². The Balaban J connectivity index is 1.51. The fourth-order valence-corrected chi connectivity index (χ4v) is 2.57. The van der Waals surface area contributed by atoms with Crippen molar-refractivity contribution in [2.24, 2.45) is 0 Å². The first-order chi connectivity index (χ1) is 13.6. The molecule has 140 valence electrons. The van der Waals surface area contributed by atoms with Crippen molar-refractivity contribution < 1.29 is 14.3 Å². The summed E-state index contributed by atoms with van der Waals surface area (Å²) in [5.74, 6) is -0.777. The maximum Gasteiger partial charge on any atom is 0.306 e. The van der Waals surface area contributed by atoms with E-state index < -0.39 is 18.5 Å². The number of ether oxygens (including phenoxy) is 1. The molecule has 0 saturated heterocycles. The Morgan fingerprint density at radius 1 is 1.14 bits per heavy atom. The summed E-state index contributed by atoms with van der Waals surface area (Å²) in [5, 5.41) is 12.0. The van der Waals surface area contributed by atoms with E-state index in [1.165, 1.54) is 0 Å². The van der Waals surface area contributed by atoms with Gasteiger partial charge in [-0.05, 0) is 24.3 Å². The van der Waals surface area contributed by atoms with Crippen LogP contribution >= 0.6 is 0 Å². The second kappa shape index (κ2) is 8.60. The number of benzene rings is 2. The second-order valence-corrected chi connectivity index (χ2v) is 5.90. The van der Waals surface area contributed by atoms with E-state index in [2.05, 4.69) is 15.3 Å². The molecular formula is C20H16N4O4. The number of carbonyl (C=O) groups excluding carboxylic acids is 2. The highest BCUT2D eigenvalue weighted by Crippen LogP contribution is 2.13. The molecule has 0 atom stereocenters. The number of para-hydroxylation sites is 2. The summed E-state index contributed by atoms with van der Waals surface area (Å²) in [6.45, 7) is -0.472. The van der Waals surface area contributed by atoms with Gasteiger partial charge in [0.15, 0.2) is 6.61 Å². The number of amides is 1. The van der Waals surface area contributed by atoms with Gasteiger partial charge in [0.25, 0.3) is 11.5 Å². The minimum absolute atomic E-state index is 0.0384. The van der Waals surface area contributed by atoms with Crippen molar-refractivity contribution in [1.82, 2.24) is 9.97 Å². The first kappa shape index (κ1) is 18.8. The number of H-pyrrole nitrogens is 1. The van der Waals surface area contributed by atoms with Crippen molar-refractivity contribution in [2.45, 2.75) is 12.8 Å². The molecule has 8 heteroatoms. The number of aromatic amines is 1. The van der Waals surface area contributed by atoms with E-state index in [9.17, 15) is 14.4 Å². The average molecular weight is 376 g/mol. The van der Waals surface area contributed by atoms with Crippen molar-refractivity contribution in [3.8, 4) is 6.07 Å². The van der Waals surface area contributed by atoms with E-state index >= 15 is 0 Å². The van der Waals surface area contributed by atoms with Crippen molar-refractivity contribution >= 4 is 28.5 Å².